The third-order valence-electron chi connectivity index (χ3n) is 8.52. The van der Waals surface area contributed by atoms with E-state index >= 15 is 0 Å². The molecule has 2 aromatic rings. The van der Waals surface area contributed by atoms with Gasteiger partial charge in [0.15, 0.2) is 0 Å². The van der Waals surface area contributed by atoms with Crippen molar-refractivity contribution in [3.8, 4) is 0 Å². The van der Waals surface area contributed by atoms with Crippen LogP contribution in [-0.4, -0.2) is 103 Å². The zero-order valence-corrected chi connectivity index (χ0v) is 47.6. The molecule has 3 atom stereocenters. The van der Waals surface area contributed by atoms with Crippen LogP contribution in [0.25, 0.3) is 0 Å². The van der Waals surface area contributed by atoms with Crippen molar-refractivity contribution < 1.29 is 193 Å². The minimum atomic E-state index is -1.50. The van der Waals surface area contributed by atoms with E-state index in [1.54, 1.807) is 12.4 Å². The zero-order chi connectivity index (χ0) is 40.4. The van der Waals surface area contributed by atoms with Crippen LogP contribution in [0.1, 0.15) is 107 Å². The number of pyridine rings is 2. The number of nitrogens with zero attached hydrogens (tertiary/aromatic N) is 2. The maximum atomic E-state index is 12.4. The van der Waals surface area contributed by atoms with Crippen LogP contribution in [0.2, 0.25) is 0 Å². The van der Waals surface area contributed by atoms with Gasteiger partial charge in [-0.3, -0.25) is 24.4 Å². The van der Waals surface area contributed by atoms with Crippen molar-refractivity contribution in [2.24, 2.45) is 0 Å². The van der Waals surface area contributed by atoms with Crippen molar-refractivity contribution in [3.05, 3.63) is 60.2 Å². The third kappa shape index (κ3) is 35.3. The minimum Gasteiger partial charge on any atom is -1.00 e. The van der Waals surface area contributed by atoms with Gasteiger partial charge in [0.25, 0.3) is 0 Å². The average molecular weight is 1520 g/mol. The predicted molar refractivity (Wildman–Crippen MR) is 198 cm³/mol. The van der Waals surface area contributed by atoms with Crippen molar-refractivity contribution in [1.82, 2.24) is 36.6 Å². The molecule has 9 N–H and O–H groups in total. The Morgan fingerprint density at radius 1 is 0.492 bits per heavy atom. The number of carbonyl (C=O) groups excluding carboxylic acids is 3. The average Bonchev–Trinajstić information content (AvgIpc) is 3.15. The number of aliphatic carboxylic acids is 4. The normalized spacial score (nSPS) is 10.9. The number of carbonyl (C=O) groups is 7. The first-order valence-electron chi connectivity index (χ1n) is 18.5. The number of halogens is 7. The fourth-order valence-electron chi connectivity index (χ4n) is 5.55. The number of nitrogens with one attached hydrogen (secondary N) is 5. The number of urea groups is 1. The number of rotatable bonds is 29. The molecule has 2 heterocycles. The second-order valence-electron chi connectivity index (χ2n) is 12.9. The van der Waals surface area contributed by atoms with Gasteiger partial charge in [-0.15, -0.1) is 0 Å². The molecule has 2 aromatic heterocycles. The topological polar surface area (TPSA) is 286 Å². The van der Waals surface area contributed by atoms with Gasteiger partial charge in [0.1, 0.15) is 18.1 Å². The molecule has 63 heavy (non-hydrogen) atoms. The molecule has 2 rings (SSSR count). The fraction of sp³-hybridized carbons (Fsp3) is 0.541. The largest absolute Gasteiger partial charge is 1.00 e. The van der Waals surface area contributed by atoms with Gasteiger partial charge < -0.3 is 166 Å². The van der Waals surface area contributed by atoms with E-state index in [9.17, 15) is 43.8 Å². The molecule has 0 spiro atoms. The van der Waals surface area contributed by atoms with Gasteiger partial charge in [-0.25, -0.2) is 19.2 Å². The summed E-state index contributed by atoms with van der Waals surface area (Å²) in [5, 5.41) is 49.9. The molecule has 0 fully saturated rings. The summed E-state index contributed by atoms with van der Waals surface area (Å²) in [6.07, 6.45) is 7.85. The van der Waals surface area contributed by atoms with Gasteiger partial charge in [-0.1, -0.05) is 25.0 Å². The molecular formula is C37H53Br7N7O11Re-7. The van der Waals surface area contributed by atoms with E-state index in [0.29, 0.717) is 57.9 Å². The molecule has 0 aliphatic rings. The van der Waals surface area contributed by atoms with Crippen molar-refractivity contribution >= 4 is 41.7 Å². The van der Waals surface area contributed by atoms with Gasteiger partial charge in [0, 0.05) is 58.6 Å². The number of carboxylic acids is 4. The Kier molecular flexibility index (Phi) is 54.7. The molecule has 0 bridgehead atoms. The van der Waals surface area contributed by atoms with Gasteiger partial charge in [-0.2, -0.15) is 0 Å². The first-order valence-corrected chi connectivity index (χ1v) is 18.5. The molecule has 26 heteroatoms. The maximum absolute atomic E-state index is 12.4. The summed E-state index contributed by atoms with van der Waals surface area (Å²) >= 11 is 0. The van der Waals surface area contributed by atoms with Gasteiger partial charge in [0.05, 0.1) is 17.4 Å². The van der Waals surface area contributed by atoms with Crippen LogP contribution in [0.5, 0.6) is 0 Å². The molecule has 0 saturated heterocycles. The van der Waals surface area contributed by atoms with Crippen molar-refractivity contribution in [2.45, 2.75) is 114 Å². The molecule has 365 valence electrons. The van der Waals surface area contributed by atoms with E-state index in [-0.39, 0.29) is 196 Å². The van der Waals surface area contributed by atoms with E-state index in [4.69, 9.17) is 10.2 Å². The molecule has 0 aliphatic carbocycles. The van der Waals surface area contributed by atoms with Crippen molar-refractivity contribution in [2.75, 3.05) is 13.1 Å². The smallest absolute Gasteiger partial charge is 0.326 e. The Hall–Kier alpha value is -1.63. The number of unbranched alkanes of at least 4 members (excludes halogenated alkanes) is 5. The van der Waals surface area contributed by atoms with Crippen LogP contribution < -0.4 is 145 Å². The summed E-state index contributed by atoms with van der Waals surface area (Å²) in [7, 11) is 0. The van der Waals surface area contributed by atoms with E-state index in [1.165, 1.54) is 0 Å². The Morgan fingerprint density at radius 2 is 0.921 bits per heavy atom. The molecule has 0 saturated carbocycles. The van der Waals surface area contributed by atoms with E-state index < -0.39 is 54.5 Å². The second kappa shape index (κ2) is 45.5. The number of hydrogen-bond donors (Lipinski definition) is 9. The Balaban J connectivity index is -0.000000784. The van der Waals surface area contributed by atoms with Crippen LogP contribution in [-0.2, 0) is 49.2 Å². The SMILES string of the molecule is O=C(O)CCC(NC(=O)NC(CCCCNC(=O)CCCCCCC(=O)NC(CCCCNC(c1ccccn1)c1ccccn1)C(=O)O)C(=O)O)C(=O)O.[Br-].[Br-].[Br-].[Br-].[Br-].[Br-].[Br-].[Re]. The zero-order valence-electron chi connectivity index (χ0n) is 33.8. The third-order valence-corrected chi connectivity index (χ3v) is 8.52. The summed E-state index contributed by atoms with van der Waals surface area (Å²) in [6, 6.07) is 6.27. The van der Waals surface area contributed by atoms with Crippen LogP contribution in [0.15, 0.2) is 48.8 Å². The molecule has 3 unspecified atom stereocenters. The summed E-state index contributed by atoms with van der Waals surface area (Å²) in [5.74, 6) is -5.63. The first-order chi connectivity index (χ1) is 26.4. The van der Waals surface area contributed by atoms with Gasteiger partial charge in [0.2, 0.25) is 11.8 Å². The van der Waals surface area contributed by atoms with Crippen LogP contribution in [0, 0.1) is 0 Å². The molecule has 4 amide bonds. The molecular weight excluding hydrogens is 1460 g/mol. The van der Waals surface area contributed by atoms with E-state index in [0.717, 1.165) is 11.4 Å². The summed E-state index contributed by atoms with van der Waals surface area (Å²) in [4.78, 5) is 90.9. The molecule has 1 radical (unpaired) electrons. The summed E-state index contributed by atoms with van der Waals surface area (Å²) in [6.45, 7) is 0.883. The van der Waals surface area contributed by atoms with Crippen molar-refractivity contribution in [3.63, 3.8) is 0 Å². The minimum absolute atomic E-state index is 0. The van der Waals surface area contributed by atoms with Crippen LogP contribution >= 0.6 is 0 Å². The van der Waals surface area contributed by atoms with Gasteiger partial charge >= 0.3 is 29.9 Å². The Labute approximate surface area is 454 Å². The van der Waals surface area contributed by atoms with Crippen LogP contribution in [0.3, 0.4) is 0 Å². The molecule has 0 aromatic carbocycles. The second-order valence-corrected chi connectivity index (χ2v) is 12.9. The summed E-state index contributed by atoms with van der Waals surface area (Å²) < 4.78 is 0. The number of hydrogen-bond acceptors (Lipinski definition) is 10. The van der Waals surface area contributed by atoms with Gasteiger partial charge in [-0.05, 0) is 88.6 Å². The molecule has 0 aliphatic heterocycles. The monoisotopic (exact) mass is 1510 g/mol. The Bertz CT molecular complexity index is 1510. The quantitative estimate of drug-likeness (QED) is 0.0343. The first kappa shape index (κ1) is 75.7. The maximum Gasteiger partial charge on any atom is 0.326 e. The van der Waals surface area contributed by atoms with Crippen LogP contribution in [0.4, 0.5) is 4.79 Å². The summed E-state index contributed by atoms with van der Waals surface area (Å²) in [5.41, 5.74) is 1.65. The standard InChI is InChI=1S/C37H53N7O11.7BrH.Re/c45-30(40-23-11-7-16-28(35(51)52)43-37(55)44-29(36(53)54)19-20-32(47)48)17-3-1-2-4-18-31(46)42-27(34(49)50)15-8-12-24-41-33(25-13-5-9-21-38-25)26-14-6-10-22-39-26;;;;;;;;/h5-6,9-10,13-14,21-22,27-29,33,41H,1-4,7-8,11-12,15-20,23-24H2,(H,40,45)(H,42,46)(H,47,48)(H,49,50)(H,51,52)(H,53,54)(H2,43,44,55);7*1H;/p-7. The fourth-order valence-corrected chi connectivity index (χ4v) is 5.55. The number of carboxylic acid groups (broad SMARTS) is 4. The number of aromatic nitrogens is 2. The van der Waals surface area contributed by atoms with Crippen molar-refractivity contribution in [1.29, 1.82) is 0 Å². The number of amides is 4. The van der Waals surface area contributed by atoms with E-state index in [2.05, 4.69) is 36.6 Å². The Morgan fingerprint density at radius 3 is 1.35 bits per heavy atom. The van der Waals surface area contributed by atoms with E-state index in [1.807, 2.05) is 36.4 Å². The predicted octanol–water partition coefficient (Wildman–Crippen LogP) is -18.4. The molecule has 18 nitrogen and oxygen atoms in total.